The van der Waals surface area contributed by atoms with Crippen LogP contribution in [0.4, 0.5) is 0 Å². The van der Waals surface area contributed by atoms with E-state index in [-0.39, 0.29) is 28.7 Å². The van der Waals surface area contributed by atoms with Gasteiger partial charge in [0, 0.05) is 25.0 Å². The summed E-state index contributed by atoms with van der Waals surface area (Å²) in [6, 6.07) is 14.0. The predicted molar refractivity (Wildman–Crippen MR) is 106 cm³/mol. The molecule has 1 N–H and O–H groups in total. The van der Waals surface area contributed by atoms with Crippen LogP contribution in [-0.2, 0) is 14.8 Å². The molecule has 0 aliphatic heterocycles. The van der Waals surface area contributed by atoms with E-state index in [0.29, 0.717) is 5.02 Å². The van der Waals surface area contributed by atoms with Gasteiger partial charge in [-0.15, -0.1) is 0 Å². The standard InChI is InChI=1S/C20H23ClN2O3S/c1-13(14-8-10-15(11-9-14)27(25,26)23(2)3)22-20(24)18-12-17(18)16-6-4-5-7-19(16)21/h4-11,13,17-18H,12H2,1-3H3,(H,22,24). The third-order valence-electron chi connectivity index (χ3n) is 4.95. The average Bonchev–Trinajstić information content (AvgIpc) is 3.42. The molecule has 1 aliphatic carbocycles. The number of hydrogen-bond acceptors (Lipinski definition) is 3. The van der Waals surface area contributed by atoms with Crippen LogP contribution in [0.25, 0.3) is 0 Å². The Hall–Kier alpha value is -1.89. The highest BCUT2D eigenvalue weighted by Crippen LogP contribution is 2.49. The van der Waals surface area contributed by atoms with E-state index < -0.39 is 10.0 Å². The monoisotopic (exact) mass is 406 g/mol. The molecule has 144 valence electrons. The summed E-state index contributed by atoms with van der Waals surface area (Å²) >= 11 is 6.22. The first kappa shape index (κ1) is 19.9. The lowest BCUT2D eigenvalue weighted by Gasteiger charge is -2.16. The van der Waals surface area contributed by atoms with Gasteiger partial charge in [0.2, 0.25) is 15.9 Å². The van der Waals surface area contributed by atoms with Gasteiger partial charge in [-0.25, -0.2) is 12.7 Å². The molecule has 3 rings (SSSR count). The maximum absolute atomic E-state index is 12.5. The van der Waals surface area contributed by atoms with Crippen molar-refractivity contribution in [1.82, 2.24) is 9.62 Å². The van der Waals surface area contributed by atoms with Gasteiger partial charge in [-0.2, -0.15) is 0 Å². The van der Waals surface area contributed by atoms with E-state index in [0.717, 1.165) is 17.5 Å². The summed E-state index contributed by atoms with van der Waals surface area (Å²) in [6.07, 6.45) is 0.794. The zero-order valence-corrected chi connectivity index (χ0v) is 17.1. The Morgan fingerprint density at radius 3 is 2.37 bits per heavy atom. The Bertz CT molecular complexity index is 942. The van der Waals surface area contributed by atoms with Crippen molar-refractivity contribution in [2.75, 3.05) is 14.1 Å². The molecule has 0 saturated heterocycles. The molecule has 1 saturated carbocycles. The van der Waals surface area contributed by atoms with E-state index in [4.69, 9.17) is 11.6 Å². The van der Waals surface area contributed by atoms with Gasteiger partial charge in [-0.1, -0.05) is 41.9 Å². The zero-order chi connectivity index (χ0) is 19.8. The van der Waals surface area contributed by atoms with Crippen molar-refractivity contribution in [3.63, 3.8) is 0 Å². The molecule has 1 fully saturated rings. The molecule has 5 nitrogen and oxygen atoms in total. The number of hydrogen-bond donors (Lipinski definition) is 1. The molecule has 0 aromatic heterocycles. The van der Waals surface area contributed by atoms with Crippen molar-refractivity contribution in [1.29, 1.82) is 0 Å². The molecule has 2 aromatic carbocycles. The minimum atomic E-state index is -3.45. The number of rotatable bonds is 6. The molecular formula is C20H23ClN2O3S. The lowest BCUT2D eigenvalue weighted by molar-refractivity contribution is -0.123. The summed E-state index contributed by atoms with van der Waals surface area (Å²) in [5.41, 5.74) is 1.88. The Kier molecular flexibility index (Phi) is 5.60. The molecule has 1 amide bonds. The third-order valence-corrected chi connectivity index (χ3v) is 7.12. The number of sulfonamides is 1. The number of nitrogens with one attached hydrogen (secondary N) is 1. The molecule has 0 spiro atoms. The number of carbonyl (C=O) groups is 1. The van der Waals surface area contributed by atoms with Crippen molar-refractivity contribution in [2.24, 2.45) is 5.92 Å². The van der Waals surface area contributed by atoms with Gasteiger partial charge in [-0.3, -0.25) is 4.79 Å². The highest BCUT2D eigenvalue weighted by molar-refractivity contribution is 7.89. The Morgan fingerprint density at radius 2 is 1.78 bits per heavy atom. The van der Waals surface area contributed by atoms with E-state index >= 15 is 0 Å². The summed E-state index contributed by atoms with van der Waals surface area (Å²) in [5, 5.41) is 3.71. The number of nitrogens with zero attached hydrogens (tertiary/aromatic N) is 1. The highest BCUT2D eigenvalue weighted by atomic mass is 35.5. The largest absolute Gasteiger partial charge is 0.349 e. The van der Waals surface area contributed by atoms with E-state index in [9.17, 15) is 13.2 Å². The number of halogens is 1. The van der Waals surface area contributed by atoms with Crippen molar-refractivity contribution < 1.29 is 13.2 Å². The molecule has 0 radical (unpaired) electrons. The molecule has 2 aromatic rings. The van der Waals surface area contributed by atoms with Crippen molar-refractivity contribution >= 4 is 27.5 Å². The van der Waals surface area contributed by atoms with Gasteiger partial charge in [-0.05, 0) is 48.6 Å². The van der Waals surface area contributed by atoms with Gasteiger partial charge in [0.1, 0.15) is 0 Å². The van der Waals surface area contributed by atoms with E-state index in [1.165, 1.54) is 18.4 Å². The van der Waals surface area contributed by atoms with Crippen LogP contribution in [0.5, 0.6) is 0 Å². The average molecular weight is 407 g/mol. The first-order valence-corrected chi connectivity index (χ1v) is 10.6. The third kappa shape index (κ3) is 4.18. The van der Waals surface area contributed by atoms with Crippen LogP contribution in [0.1, 0.15) is 36.4 Å². The Labute approximate surface area is 165 Å². The van der Waals surface area contributed by atoms with E-state index in [1.54, 1.807) is 24.3 Å². The van der Waals surface area contributed by atoms with Gasteiger partial charge < -0.3 is 5.32 Å². The van der Waals surface area contributed by atoms with Gasteiger partial charge in [0.15, 0.2) is 0 Å². The Morgan fingerprint density at radius 1 is 1.15 bits per heavy atom. The number of amides is 1. The summed E-state index contributed by atoms with van der Waals surface area (Å²) < 4.78 is 25.4. The highest BCUT2D eigenvalue weighted by Gasteiger charge is 2.45. The topological polar surface area (TPSA) is 66.5 Å². The van der Waals surface area contributed by atoms with Gasteiger partial charge >= 0.3 is 0 Å². The molecule has 1 aliphatic rings. The summed E-state index contributed by atoms with van der Waals surface area (Å²) in [4.78, 5) is 12.8. The molecule has 27 heavy (non-hydrogen) atoms. The van der Waals surface area contributed by atoms with Crippen LogP contribution in [0.3, 0.4) is 0 Å². The normalized spacial score (nSPS) is 20.3. The van der Waals surface area contributed by atoms with Crippen LogP contribution in [0, 0.1) is 5.92 Å². The quantitative estimate of drug-likeness (QED) is 0.797. The number of carbonyl (C=O) groups excluding carboxylic acids is 1. The van der Waals surface area contributed by atoms with Gasteiger partial charge in [0.05, 0.1) is 10.9 Å². The molecule has 3 atom stereocenters. The molecule has 0 heterocycles. The first-order valence-electron chi connectivity index (χ1n) is 8.79. The molecule has 7 heteroatoms. The fourth-order valence-electron chi connectivity index (χ4n) is 3.15. The zero-order valence-electron chi connectivity index (χ0n) is 15.5. The minimum Gasteiger partial charge on any atom is -0.349 e. The maximum atomic E-state index is 12.5. The summed E-state index contributed by atoms with van der Waals surface area (Å²) in [7, 11) is -0.460. The minimum absolute atomic E-state index is 0.00240. The summed E-state index contributed by atoms with van der Waals surface area (Å²) in [5.74, 6) is 0.0941. The van der Waals surface area contributed by atoms with Crippen LogP contribution in [0.15, 0.2) is 53.4 Å². The van der Waals surface area contributed by atoms with Crippen LogP contribution >= 0.6 is 11.6 Å². The second-order valence-electron chi connectivity index (χ2n) is 7.06. The molecule has 3 unspecified atom stereocenters. The second kappa shape index (κ2) is 7.62. The maximum Gasteiger partial charge on any atom is 0.242 e. The molecular weight excluding hydrogens is 384 g/mol. The van der Waals surface area contributed by atoms with Crippen LogP contribution < -0.4 is 5.32 Å². The fourth-order valence-corrected chi connectivity index (χ4v) is 4.32. The predicted octanol–water partition coefficient (Wildman–Crippen LogP) is 3.57. The van der Waals surface area contributed by atoms with Crippen LogP contribution in [0.2, 0.25) is 5.02 Å². The Balaban J connectivity index is 1.63. The number of benzene rings is 2. The van der Waals surface area contributed by atoms with Crippen molar-refractivity contribution in [3.05, 3.63) is 64.7 Å². The van der Waals surface area contributed by atoms with Crippen molar-refractivity contribution in [3.8, 4) is 0 Å². The second-order valence-corrected chi connectivity index (χ2v) is 9.62. The smallest absolute Gasteiger partial charge is 0.242 e. The van der Waals surface area contributed by atoms with Crippen molar-refractivity contribution in [2.45, 2.75) is 30.2 Å². The first-order chi connectivity index (χ1) is 12.7. The lowest BCUT2D eigenvalue weighted by atomic mass is 10.1. The fraction of sp³-hybridized carbons (Fsp3) is 0.350. The molecule has 0 bridgehead atoms. The van der Waals surface area contributed by atoms with E-state index in [1.807, 2.05) is 31.2 Å². The lowest BCUT2D eigenvalue weighted by Crippen LogP contribution is -2.28. The van der Waals surface area contributed by atoms with Gasteiger partial charge in [0.25, 0.3) is 0 Å². The van der Waals surface area contributed by atoms with E-state index in [2.05, 4.69) is 5.32 Å². The summed E-state index contributed by atoms with van der Waals surface area (Å²) in [6.45, 7) is 1.89. The SMILES string of the molecule is CC(NC(=O)C1CC1c1ccccc1Cl)c1ccc(S(=O)(=O)N(C)C)cc1. The van der Waals surface area contributed by atoms with Crippen LogP contribution in [-0.4, -0.2) is 32.7 Å².